The van der Waals surface area contributed by atoms with Gasteiger partial charge in [-0.2, -0.15) is 0 Å². The molecule has 0 spiro atoms. The molecule has 5 heteroatoms. The second-order valence-corrected chi connectivity index (χ2v) is 6.35. The summed E-state index contributed by atoms with van der Waals surface area (Å²) >= 11 is 0. The van der Waals surface area contributed by atoms with Crippen LogP contribution in [-0.4, -0.2) is 32.3 Å². The summed E-state index contributed by atoms with van der Waals surface area (Å²) in [6.07, 6.45) is 11.3. The maximum atomic E-state index is 12.1. The first kappa shape index (κ1) is 19.7. The highest BCUT2D eigenvalue weighted by Gasteiger charge is 2.44. The fraction of sp³-hybridized carbons (Fsp3) is 0.650. The number of rotatable bonds is 9. The van der Waals surface area contributed by atoms with E-state index in [1.165, 1.54) is 26.2 Å². The van der Waals surface area contributed by atoms with E-state index in [9.17, 15) is 4.79 Å². The molecule has 0 fully saturated rings. The van der Waals surface area contributed by atoms with Gasteiger partial charge in [-0.05, 0) is 32.3 Å². The fourth-order valence-electron chi connectivity index (χ4n) is 3.38. The first-order valence-electron chi connectivity index (χ1n) is 9.19. The highest BCUT2D eigenvalue weighted by molar-refractivity contribution is 5.89. The standard InChI is InChI=1S/C20H30O5/c1-5-7-8-9-10-15-11-12-16-17(19(21)22-4)13-24-20(18(15)16)25-14(3)23-6-2/h9-11,13-14,16,18,20H,5-8,12H2,1-4H3/b10-9-. The number of hydrogen-bond donors (Lipinski definition) is 0. The van der Waals surface area contributed by atoms with Gasteiger partial charge in [0, 0.05) is 12.5 Å². The van der Waals surface area contributed by atoms with Crippen LogP contribution in [0.3, 0.4) is 0 Å². The minimum absolute atomic E-state index is 0.0193. The Balaban J connectivity index is 2.16. The van der Waals surface area contributed by atoms with Crippen LogP contribution >= 0.6 is 0 Å². The molecular weight excluding hydrogens is 320 g/mol. The van der Waals surface area contributed by atoms with E-state index < -0.39 is 6.29 Å². The minimum Gasteiger partial charge on any atom is -0.471 e. The van der Waals surface area contributed by atoms with Gasteiger partial charge in [0.2, 0.25) is 6.29 Å². The Hall–Kier alpha value is -1.59. The van der Waals surface area contributed by atoms with E-state index in [-0.39, 0.29) is 24.1 Å². The van der Waals surface area contributed by atoms with Crippen LogP contribution in [0.2, 0.25) is 0 Å². The summed E-state index contributed by atoms with van der Waals surface area (Å²) in [5.41, 5.74) is 1.73. The lowest BCUT2D eigenvalue weighted by Crippen LogP contribution is -2.39. The number of hydrogen-bond acceptors (Lipinski definition) is 5. The molecule has 0 saturated carbocycles. The fourth-order valence-corrected chi connectivity index (χ4v) is 3.38. The van der Waals surface area contributed by atoms with Crippen LogP contribution in [0.1, 0.15) is 46.5 Å². The molecule has 0 amide bonds. The Bertz CT molecular complexity index is 534. The van der Waals surface area contributed by atoms with Crippen LogP contribution in [0.5, 0.6) is 0 Å². The molecular formula is C20H30O5. The van der Waals surface area contributed by atoms with Crippen molar-refractivity contribution in [1.82, 2.24) is 0 Å². The summed E-state index contributed by atoms with van der Waals surface area (Å²) in [5.74, 6) is -0.346. The van der Waals surface area contributed by atoms with E-state index in [2.05, 4.69) is 25.2 Å². The predicted octanol–water partition coefficient (Wildman–Crippen LogP) is 4.11. The average Bonchev–Trinajstić information content (AvgIpc) is 3.03. The third-order valence-corrected chi connectivity index (χ3v) is 4.63. The Labute approximate surface area is 150 Å². The summed E-state index contributed by atoms with van der Waals surface area (Å²) in [7, 11) is 1.39. The monoisotopic (exact) mass is 350 g/mol. The molecule has 140 valence electrons. The van der Waals surface area contributed by atoms with Gasteiger partial charge in [-0.15, -0.1) is 0 Å². The van der Waals surface area contributed by atoms with Gasteiger partial charge in [0.15, 0.2) is 6.29 Å². The van der Waals surface area contributed by atoms with Gasteiger partial charge in [-0.3, -0.25) is 0 Å². The summed E-state index contributed by atoms with van der Waals surface area (Å²) in [4.78, 5) is 12.1. The molecule has 0 aromatic heterocycles. The van der Waals surface area contributed by atoms with Crippen LogP contribution < -0.4 is 0 Å². The molecule has 0 aromatic rings. The number of ether oxygens (including phenoxy) is 4. The zero-order valence-corrected chi connectivity index (χ0v) is 15.7. The van der Waals surface area contributed by atoms with E-state index in [0.29, 0.717) is 12.2 Å². The van der Waals surface area contributed by atoms with Crippen molar-refractivity contribution in [2.24, 2.45) is 11.8 Å². The number of carbonyl (C=O) groups is 1. The van der Waals surface area contributed by atoms with Gasteiger partial charge in [0.25, 0.3) is 0 Å². The third-order valence-electron chi connectivity index (χ3n) is 4.63. The predicted molar refractivity (Wildman–Crippen MR) is 95.5 cm³/mol. The van der Waals surface area contributed by atoms with Gasteiger partial charge >= 0.3 is 5.97 Å². The average molecular weight is 350 g/mol. The minimum atomic E-state index is -0.468. The van der Waals surface area contributed by atoms with Crippen molar-refractivity contribution in [2.45, 2.75) is 59.0 Å². The molecule has 0 aromatic carbocycles. The van der Waals surface area contributed by atoms with Gasteiger partial charge in [0.05, 0.1) is 24.9 Å². The molecule has 0 bridgehead atoms. The number of esters is 1. The van der Waals surface area contributed by atoms with Gasteiger partial charge in [-0.1, -0.05) is 38.0 Å². The lowest BCUT2D eigenvalue weighted by atomic mass is 9.83. The maximum absolute atomic E-state index is 12.1. The number of carbonyl (C=O) groups excluding carboxylic acids is 1. The molecule has 4 atom stereocenters. The summed E-state index contributed by atoms with van der Waals surface area (Å²) < 4.78 is 22.1. The SMILES string of the molecule is CCCC/C=C\C1=CCC2C(C(=O)OC)=COC(OC(C)OCC)C12. The largest absolute Gasteiger partial charge is 0.471 e. The van der Waals surface area contributed by atoms with Gasteiger partial charge in [0.1, 0.15) is 0 Å². The smallest absolute Gasteiger partial charge is 0.337 e. The lowest BCUT2D eigenvalue weighted by molar-refractivity contribution is -0.242. The Morgan fingerprint density at radius 1 is 1.44 bits per heavy atom. The van der Waals surface area contributed by atoms with Crippen molar-refractivity contribution in [2.75, 3.05) is 13.7 Å². The van der Waals surface area contributed by atoms with Gasteiger partial charge < -0.3 is 18.9 Å². The quantitative estimate of drug-likeness (QED) is 0.356. The molecule has 25 heavy (non-hydrogen) atoms. The van der Waals surface area contributed by atoms with E-state index in [4.69, 9.17) is 18.9 Å². The Morgan fingerprint density at radius 2 is 2.24 bits per heavy atom. The topological polar surface area (TPSA) is 54.0 Å². The van der Waals surface area contributed by atoms with Crippen molar-refractivity contribution < 1.29 is 23.7 Å². The number of allylic oxidation sites excluding steroid dienone is 3. The molecule has 0 saturated heterocycles. The third kappa shape index (κ3) is 4.95. The molecule has 1 aliphatic heterocycles. The van der Waals surface area contributed by atoms with E-state index in [1.807, 2.05) is 13.8 Å². The van der Waals surface area contributed by atoms with Crippen LogP contribution in [0, 0.1) is 11.8 Å². The first-order valence-corrected chi connectivity index (χ1v) is 9.19. The molecule has 2 aliphatic rings. The van der Waals surface area contributed by atoms with Crippen molar-refractivity contribution in [3.63, 3.8) is 0 Å². The number of unbranched alkanes of at least 4 members (excludes halogenated alkanes) is 2. The van der Waals surface area contributed by atoms with Crippen molar-refractivity contribution in [3.8, 4) is 0 Å². The number of fused-ring (bicyclic) bond motifs is 1. The van der Waals surface area contributed by atoms with Gasteiger partial charge in [-0.25, -0.2) is 4.79 Å². The van der Waals surface area contributed by atoms with Crippen LogP contribution in [0.4, 0.5) is 0 Å². The molecule has 5 nitrogen and oxygen atoms in total. The molecule has 0 N–H and O–H groups in total. The van der Waals surface area contributed by atoms with Crippen molar-refractivity contribution >= 4 is 5.97 Å². The molecule has 1 heterocycles. The first-order chi connectivity index (χ1) is 12.1. The summed E-state index contributed by atoms with van der Waals surface area (Å²) in [5, 5.41) is 0. The highest BCUT2D eigenvalue weighted by atomic mass is 16.8. The van der Waals surface area contributed by atoms with E-state index >= 15 is 0 Å². The lowest BCUT2D eigenvalue weighted by Gasteiger charge is -2.35. The molecule has 0 radical (unpaired) electrons. The van der Waals surface area contributed by atoms with Crippen LogP contribution in [-0.2, 0) is 23.7 Å². The van der Waals surface area contributed by atoms with Crippen molar-refractivity contribution in [1.29, 1.82) is 0 Å². The van der Waals surface area contributed by atoms with Crippen molar-refractivity contribution in [3.05, 3.63) is 35.6 Å². The normalized spacial score (nSPS) is 26.6. The second kappa shape index (κ2) is 9.78. The summed E-state index contributed by atoms with van der Waals surface area (Å²) in [6, 6.07) is 0. The van der Waals surface area contributed by atoms with E-state index in [1.54, 1.807) is 0 Å². The zero-order chi connectivity index (χ0) is 18.2. The molecule has 1 aliphatic carbocycles. The highest BCUT2D eigenvalue weighted by Crippen LogP contribution is 2.44. The summed E-state index contributed by atoms with van der Waals surface area (Å²) in [6.45, 7) is 6.54. The Morgan fingerprint density at radius 3 is 2.92 bits per heavy atom. The molecule has 4 unspecified atom stereocenters. The van der Waals surface area contributed by atoms with Crippen LogP contribution in [0.15, 0.2) is 35.6 Å². The number of methoxy groups -OCH3 is 1. The van der Waals surface area contributed by atoms with Crippen LogP contribution in [0.25, 0.3) is 0 Å². The Kier molecular flexibility index (Phi) is 7.72. The maximum Gasteiger partial charge on any atom is 0.337 e. The van der Waals surface area contributed by atoms with E-state index in [0.717, 1.165) is 18.4 Å². The zero-order valence-electron chi connectivity index (χ0n) is 15.7. The molecule has 2 rings (SSSR count). The second-order valence-electron chi connectivity index (χ2n) is 6.35.